The molecular formula is C21H22N4O4S. The third-order valence-corrected chi connectivity index (χ3v) is 7.00. The summed E-state index contributed by atoms with van der Waals surface area (Å²) in [5.41, 5.74) is 1.27. The Bertz CT molecular complexity index is 1170. The molecule has 2 amide bonds. The Labute approximate surface area is 174 Å². The van der Waals surface area contributed by atoms with Crippen molar-refractivity contribution in [3.05, 3.63) is 66.5 Å². The second-order valence-electron chi connectivity index (χ2n) is 7.14. The highest BCUT2D eigenvalue weighted by atomic mass is 32.2. The highest BCUT2D eigenvalue weighted by Gasteiger charge is 2.27. The topological polar surface area (TPSA) is 92.1 Å². The van der Waals surface area contributed by atoms with Crippen molar-refractivity contribution in [3.8, 4) is 0 Å². The van der Waals surface area contributed by atoms with Gasteiger partial charge in [-0.05, 0) is 24.3 Å². The summed E-state index contributed by atoms with van der Waals surface area (Å²) in [6, 6.07) is 13.7. The number of piperazine rings is 1. The molecule has 0 N–H and O–H groups in total. The maximum atomic E-state index is 12.9. The van der Waals surface area contributed by atoms with Crippen LogP contribution in [0.2, 0.25) is 0 Å². The van der Waals surface area contributed by atoms with E-state index >= 15 is 0 Å². The van der Waals surface area contributed by atoms with E-state index in [4.69, 9.17) is 0 Å². The van der Waals surface area contributed by atoms with Crippen LogP contribution in [0.3, 0.4) is 0 Å². The minimum atomic E-state index is -3.49. The maximum absolute atomic E-state index is 12.9. The zero-order valence-corrected chi connectivity index (χ0v) is 17.2. The lowest BCUT2D eigenvalue weighted by atomic mass is 10.2. The van der Waals surface area contributed by atoms with E-state index in [2.05, 4.69) is 5.10 Å². The molecule has 156 valence electrons. The van der Waals surface area contributed by atoms with Crippen molar-refractivity contribution < 1.29 is 18.0 Å². The molecule has 1 aliphatic heterocycles. The normalized spacial score (nSPS) is 14.8. The fourth-order valence-corrected chi connectivity index (χ4v) is 4.80. The fraction of sp³-hybridized carbons (Fsp3) is 0.286. The van der Waals surface area contributed by atoms with E-state index in [0.29, 0.717) is 31.7 Å². The fourth-order valence-electron chi connectivity index (χ4n) is 3.55. The van der Waals surface area contributed by atoms with Gasteiger partial charge in [-0.15, -0.1) is 0 Å². The first-order valence-corrected chi connectivity index (χ1v) is 11.4. The van der Waals surface area contributed by atoms with Crippen LogP contribution in [-0.4, -0.2) is 71.6 Å². The number of aromatic nitrogens is 2. The molecule has 0 spiro atoms. The van der Waals surface area contributed by atoms with Gasteiger partial charge in [-0.1, -0.05) is 24.3 Å². The molecule has 0 saturated carbocycles. The van der Waals surface area contributed by atoms with E-state index in [1.54, 1.807) is 44.9 Å². The number of carbonyl (C=O) groups excluding carboxylic acids is 2. The molecule has 4 rings (SSSR count). The van der Waals surface area contributed by atoms with Crippen LogP contribution in [0.4, 0.5) is 0 Å². The van der Waals surface area contributed by atoms with Crippen molar-refractivity contribution in [2.24, 2.45) is 0 Å². The molecule has 0 radical (unpaired) electrons. The third kappa shape index (κ3) is 4.06. The van der Waals surface area contributed by atoms with E-state index in [9.17, 15) is 18.0 Å². The standard InChI is InChI=1S/C21H22N4O4S/c26-20(9-15-30(28,29)17-6-2-1-3-7-17)23-11-13-24(14-12-23)21(27)18-16-22-25-10-5-4-8-19(18)25/h1-8,10,16H,9,11-15H2. The molecule has 3 aromatic rings. The third-order valence-electron chi connectivity index (χ3n) is 5.26. The molecular weight excluding hydrogens is 404 g/mol. The summed E-state index contributed by atoms with van der Waals surface area (Å²) >= 11 is 0. The minimum Gasteiger partial charge on any atom is -0.339 e. The lowest BCUT2D eigenvalue weighted by Crippen LogP contribution is -2.50. The first-order chi connectivity index (χ1) is 14.5. The molecule has 0 aliphatic carbocycles. The van der Waals surface area contributed by atoms with Crippen molar-refractivity contribution in [2.45, 2.75) is 11.3 Å². The Morgan fingerprint density at radius 3 is 2.30 bits per heavy atom. The number of rotatable bonds is 5. The molecule has 2 aromatic heterocycles. The smallest absolute Gasteiger partial charge is 0.257 e. The molecule has 0 bridgehead atoms. The van der Waals surface area contributed by atoms with E-state index < -0.39 is 9.84 Å². The predicted molar refractivity (Wildman–Crippen MR) is 111 cm³/mol. The predicted octanol–water partition coefficient (Wildman–Crippen LogP) is 1.48. The molecule has 0 unspecified atom stereocenters. The van der Waals surface area contributed by atoms with E-state index in [1.807, 2.05) is 18.2 Å². The van der Waals surface area contributed by atoms with Crippen LogP contribution in [0.1, 0.15) is 16.8 Å². The second-order valence-corrected chi connectivity index (χ2v) is 9.25. The van der Waals surface area contributed by atoms with Crippen LogP contribution in [-0.2, 0) is 14.6 Å². The van der Waals surface area contributed by atoms with Crippen LogP contribution < -0.4 is 0 Å². The Hall–Kier alpha value is -3.20. The molecule has 30 heavy (non-hydrogen) atoms. The van der Waals surface area contributed by atoms with Crippen LogP contribution in [0.25, 0.3) is 5.52 Å². The average molecular weight is 426 g/mol. The Kier molecular flexibility index (Phi) is 5.54. The summed E-state index contributed by atoms with van der Waals surface area (Å²) < 4.78 is 26.4. The summed E-state index contributed by atoms with van der Waals surface area (Å²) in [7, 11) is -3.49. The molecule has 1 fully saturated rings. The van der Waals surface area contributed by atoms with Crippen molar-refractivity contribution in [3.63, 3.8) is 0 Å². The van der Waals surface area contributed by atoms with Crippen LogP contribution >= 0.6 is 0 Å². The maximum Gasteiger partial charge on any atom is 0.257 e. The number of hydrogen-bond acceptors (Lipinski definition) is 5. The zero-order valence-electron chi connectivity index (χ0n) is 16.3. The van der Waals surface area contributed by atoms with Gasteiger partial charge < -0.3 is 9.80 Å². The molecule has 1 saturated heterocycles. The van der Waals surface area contributed by atoms with Gasteiger partial charge in [-0.3, -0.25) is 9.59 Å². The zero-order chi connectivity index (χ0) is 21.1. The van der Waals surface area contributed by atoms with Crippen molar-refractivity contribution in [1.29, 1.82) is 0 Å². The number of pyridine rings is 1. The number of benzene rings is 1. The van der Waals surface area contributed by atoms with Crippen LogP contribution in [0.5, 0.6) is 0 Å². The Morgan fingerprint density at radius 1 is 0.900 bits per heavy atom. The van der Waals surface area contributed by atoms with E-state index in [-0.39, 0.29) is 28.9 Å². The van der Waals surface area contributed by atoms with Crippen molar-refractivity contribution >= 4 is 27.2 Å². The first-order valence-electron chi connectivity index (χ1n) is 9.73. The largest absolute Gasteiger partial charge is 0.339 e. The highest BCUT2D eigenvalue weighted by molar-refractivity contribution is 7.91. The lowest BCUT2D eigenvalue weighted by molar-refractivity contribution is -0.132. The van der Waals surface area contributed by atoms with E-state index in [1.165, 1.54) is 12.1 Å². The Morgan fingerprint density at radius 2 is 1.57 bits per heavy atom. The van der Waals surface area contributed by atoms with Crippen molar-refractivity contribution in [2.75, 3.05) is 31.9 Å². The Balaban J connectivity index is 1.33. The van der Waals surface area contributed by atoms with Crippen molar-refractivity contribution in [1.82, 2.24) is 19.4 Å². The number of nitrogens with zero attached hydrogens (tertiary/aromatic N) is 4. The number of hydrogen-bond donors (Lipinski definition) is 0. The van der Waals surface area contributed by atoms with Crippen LogP contribution in [0, 0.1) is 0 Å². The number of sulfone groups is 1. The summed E-state index contributed by atoms with van der Waals surface area (Å²) in [4.78, 5) is 28.9. The minimum absolute atomic E-state index is 0.0702. The van der Waals surface area contributed by atoms with E-state index in [0.717, 1.165) is 5.52 Å². The highest BCUT2D eigenvalue weighted by Crippen LogP contribution is 2.16. The van der Waals surface area contributed by atoms with Crippen LogP contribution in [0.15, 0.2) is 65.8 Å². The molecule has 9 heteroatoms. The summed E-state index contributed by atoms with van der Waals surface area (Å²) in [6.45, 7) is 1.57. The first kappa shape index (κ1) is 20.1. The number of carbonyl (C=O) groups is 2. The number of fused-ring (bicyclic) bond motifs is 1. The van der Waals surface area contributed by atoms with Gasteiger partial charge in [-0.2, -0.15) is 5.10 Å². The molecule has 3 heterocycles. The van der Waals surface area contributed by atoms with Gasteiger partial charge in [0.1, 0.15) is 0 Å². The number of amides is 2. The molecule has 1 aromatic carbocycles. The van der Waals surface area contributed by atoms with Gasteiger partial charge in [0, 0.05) is 38.8 Å². The van der Waals surface area contributed by atoms with Gasteiger partial charge in [0.25, 0.3) is 5.91 Å². The molecule has 8 nitrogen and oxygen atoms in total. The monoisotopic (exact) mass is 426 g/mol. The lowest BCUT2D eigenvalue weighted by Gasteiger charge is -2.34. The van der Waals surface area contributed by atoms with Gasteiger partial charge >= 0.3 is 0 Å². The summed E-state index contributed by atoms with van der Waals surface area (Å²) in [6.07, 6.45) is 3.27. The summed E-state index contributed by atoms with van der Waals surface area (Å²) in [5, 5.41) is 4.20. The second kappa shape index (κ2) is 8.27. The van der Waals surface area contributed by atoms with Gasteiger partial charge in [0.2, 0.25) is 5.91 Å². The average Bonchev–Trinajstić information content (AvgIpc) is 3.22. The quantitative estimate of drug-likeness (QED) is 0.616. The molecule has 0 atom stereocenters. The summed E-state index contributed by atoms with van der Waals surface area (Å²) in [5.74, 6) is -0.551. The van der Waals surface area contributed by atoms with Gasteiger partial charge in [0.15, 0.2) is 9.84 Å². The SMILES string of the molecule is O=C(CCS(=O)(=O)c1ccccc1)N1CCN(C(=O)c2cnn3ccccc23)CC1. The van der Waals surface area contributed by atoms with Gasteiger partial charge in [-0.25, -0.2) is 12.9 Å². The van der Waals surface area contributed by atoms with Gasteiger partial charge in [0.05, 0.1) is 27.9 Å². The molecule has 1 aliphatic rings.